The van der Waals surface area contributed by atoms with Crippen LogP contribution in [0.3, 0.4) is 0 Å². The van der Waals surface area contributed by atoms with Crippen molar-refractivity contribution in [3.8, 4) is 0 Å². The van der Waals surface area contributed by atoms with Gasteiger partial charge in [-0.3, -0.25) is 0 Å². The number of carboxylic acids is 1. The maximum Gasteiger partial charge on any atom is 0.335 e. The first-order valence-electron chi connectivity index (χ1n) is 5.56. The molecule has 0 bridgehead atoms. The van der Waals surface area contributed by atoms with Gasteiger partial charge in [0, 0.05) is 16.3 Å². The molecule has 0 amide bonds. The second-order valence-corrected chi connectivity index (χ2v) is 5.02. The van der Waals surface area contributed by atoms with Gasteiger partial charge in [0.25, 0.3) is 0 Å². The molecule has 0 radical (unpaired) electrons. The van der Waals surface area contributed by atoms with E-state index in [1.165, 1.54) is 30.0 Å². The molecule has 0 spiro atoms. The lowest BCUT2D eigenvalue weighted by molar-refractivity contribution is 0.0696. The van der Waals surface area contributed by atoms with Crippen molar-refractivity contribution in [1.29, 1.82) is 0 Å². The first kappa shape index (κ1) is 13.4. The lowest BCUT2D eigenvalue weighted by Crippen LogP contribution is -1.99. The zero-order chi connectivity index (χ0) is 13.8. The molecule has 0 heterocycles. The molecule has 0 atom stereocenters. The van der Waals surface area contributed by atoms with Crippen LogP contribution in [0.4, 0.5) is 10.1 Å². The maximum absolute atomic E-state index is 13.6. The fourth-order valence-corrected chi connectivity index (χ4v) is 2.52. The number of nitrogen functional groups attached to an aromatic ring is 1. The summed E-state index contributed by atoms with van der Waals surface area (Å²) >= 11 is 1.41. The number of halogens is 1. The Morgan fingerprint density at radius 1 is 1.26 bits per heavy atom. The van der Waals surface area contributed by atoms with Gasteiger partial charge in [-0.2, -0.15) is 0 Å². The van der Waals surface area contributed by atoms with Crippen molar-refractivity contribution in [2.24, 2.45) is 0 Å². The minimum absolute atomic E-state index is 0.0876. The highest BCUT2D eigenvalue weighted by molar-refractivity contribution is 7.98. The minimum Gasteiger partial charge on any atom is -0.478 e. The molecule has 3 nitrogen and oxygen atoms in total. The van der Waals surface area contributed by atoms with Crippen molar-refractivity contribution in [3.05, 3.63) is 59.4 Å². The quantitative estimate of drug-likeness (QED) is 0.664. The summed E-state index contributed by atoms with van der Waals surface area (Å²) in [6, 6.07) is 11.1. The van der Waals surface area contributed by atoms with Crippen molar-refractivity contribution in [1.82, 2.24) is 0 Å². The number of hydrogen-bond donors (Lipinski definition) is 2. The van der Waals surface area contributed by atoms with Crippen molar-refractivity contribution in [2.75, 3.05) is 5.73 Å². The highest BCUT2D eigenvalue weighted by Gasteiger charge is 2.08. The molecule has 0 aromatic heterocycles. The van der Waals surface area contributed by atoms with E-state index in [0.717, 1.165) is 4.90 Å². The van der Waals surface area contributed by atoms with Crippen LogP contribution in [0.15, 0.2) is 47.4 Å². The molecule has 2 aromatic rings. The smallest absolute Gasteiger partial charge is 0.335 e. The number of aromatic carboxylic acids is 1. The minimum atomic E-state index is -1.06. The molecular formula is C14H12FNO2S. The molecule has 0 unspecified atom stereocenters. The highest BCUT2D eigenvalue weighted by atomic mass is 32.2. The summed E-state index contributed by atoms with van der Waals surface area (Å²) in [6.07, 6.45) is 0. The molecule has 0 aliphatic heterocycles. The van der Waals surface area contributed by atoms with Crippen LogP contribution in [0.25, 0.3) is 0 Å². The summed E-state index contributed by atoms with van der Waals surface area (Å²) < 4.78 is 13.6. The Labute approximate surface area is 114 Å². The first-order chi connectivity index (χ1) is 9.06. The Hall–Kier alpha value is -2.01. The van der Waals surface area contributed by atoms with Gasteiger partial charge in [0.15, 0.2) is 0 Å². The molecule has 0 aliphatic rings. The van der Waals surface area contributed by atoms with E-state index in [4.69, 9.17) is 10.8 Å². The lowest BCUT2D eigenvalue weighted by Gasteiger charge is -2.05. The average Bonchev–Trinajstić information content (AvgIpc) is 2.37. The number of rotatable bonds is 4. The van der Waals surface area contributed by atoms with E-state index in [1.807, 2.05) is 12.1 Å². The van der Waals surface area contributed by atoms with Crippen LogP contribution >= 0.6 is 11.8 Å². The van der Waals surface area contributed by atoms with Crippen molar-refractivity contribution in [2.45, 2.75) is 10.6 Å². The summed E-state index contributed by atoms with van der Waals surface area (Å²) in [6.45, 7) is 0. The predicted molar refractivity (Wildman–Crippen MR) is 73.8 cm³/mol. The Balaban J connectivity index is 2.15. The third-order valence-corrected chi connectivity index (χ3v) is 3.59. The number of nitrogens with two attached hydrogens (primary N) is 1. The van der Waals surface area contributed by atoms with Crippen LogP contribution in [0, 0.1) is 5.82 Å². The summed E-state index contributed by atoms with van der Waals surface area (Å²) in [5.41, 5.74) is 6.75. The molecule has 2 aromatic carbocycles. The van der Waals surface area contributed by atoms with E-state index in [9.17, 15) is 9.18 Å². The van der Waals surface area contributed by atoms with E-state index < -0.39 is 11.8 Å². The average molecular weight is 277 g/mol. The van der Waals surface area contributed by atoms with Crippen LogP contribution in [-0.4, -0.2) is 11.1 Å². The van der Waals surface area contributed by atoms with Gasteiger partial charge in [-0.1, -0.05) is 6.07 Å². The van der Waals surface area contributed by atoms with Crippen LogP contribution in [0.1, 0.15) is 15.9 Å². The summed E-state index contributed by atoms with van der Waals surface area (Å²) in [5.74, 6) is -1.10. The molecule has 0 saturated carbocycles. The van der Waals surface area contributed by atoms with Crippen LogP contribution < -0.4 is 5.73 Å². The molecular weight excluding hydrogens is 265 g/mol. The molecule has 19 heavy (non-hydrogen) atoms. The molecule has 0 saturated heterocycles. The molecule has 0 fully saturated rings. The largest absolute Gasteiger partial charge is 0.478 e. The number of carboxylic acid groups (broad SMARTS) is 1. The summed E-state index contributed by atoms with van der Waals surface area (Å²) in [7, 11) is 0. The lowest BCUT2D eigenvalue weighted by atomic mass is 10.1. The number of carbonyl (C=O) groups is 1. The second-order valence-electron chi connectivity index (χ2n) is 3.97. The van der Waals surface area contributed by atoms with Gasteiger partial charge in [0.1, 0.15) is 5.82 Å². The number of benzene rings is 2. The van der Waals surface area contributed by atoms with Gasteiger partial charge in [-0.25, -0.2) is 9.18 Å². The van der Waals surface area contributed by atoms with E-state index in [2.05, 4.69) is 0 Å². The van der Waals surface area contributed by atoms with Crippen molar-refractivity contribution < 1.29 is 14.3 Å². The zero-order valence-electron chi connectivity index (χ0n) is 9.97. The summed E-state index contributed by atoms with van der Waals surface area (Å²) in [4.78, 5) is 11.8. The van der Waals surface area contributed by atoms with Gasteiger partial charge in [0.2, 0.25) is 0 Å². The molecule has 3 N–H and O–H groups in total. The standard InChI is InChI=1S/C14H12FNO2S/c15-13-5-4-9(14(17)18)6-10(13)8-19-12-3-1-2-11(16)7-12/h1-7H,8,16H2,(H,17,18). The van der Waals surface area contributed by atoms with E-state index in [-0.39, 0.29) is 5.56 Å². The number of anilines is 1. The van der Waals surface area contributed by atoms with Crippen LogP contribution in [0.2, 0.25) is 0 Å². The van der Waals surface area contributed by atoms with Crippen molar-refractivity contribution in [3.63, 3.8) is 0 Å². The van der Waals surface area contributed by atoms with Crippen molar-refractivity contribution >= 4 is 23.4 Å². The fourth-order valence-electron chi connectivity index (χ4n) is 1.58. The Kier molecular flexibility index (Phi) is 4.06. The molecule has 5 heteroatoms. The third-order valence-electron chi connectivity index (χ3n) is 2.55. The number of thioether (sulfide) groups is 1. The second kappa shape index (κ2) is 5.75. The zero-order valence-corrected chi connectivity index (χ0v) is 10.8. The van der Waals surface area contributed by atoms with Gasteiger partial charge >= 0.3 is 5.97 Å². The topological polar surface area (TPSA) is 63.3 Å². The third kappa shape index (κ3) is 3.48. The summed E-state index contributed by atoms with van der Waals surface area (Å²) in [5, 5.41) is 8.88. The van der Waals surface area contributed by atoms with Gasteiger partial charge < -0.3 is 10.8 Å². The molecule has 0 aliphatic carbocycles. The molecule has 98 valence electrons. The van der Waals surface area contributed by atoms with Gasteiger partial charge in [0.05, 0.1) is 5.56 Å². The normalized spacial score (nSPS) is 10.4. The highest BCUT2D eigenvalue weighted by Crippen LogP contribution is 2.26. The Morgan fingerprint density at radius 3 is 2.74 bits per heavy atom. The Morgan fingerprint density at radius 2 is 2.05 bits per heavy atom. The molecule has 2 rings (SSSR count). The van der Waals surface area contributed by atoms with Crippen LogP contribution in [-0.2, 0) is 5.75 Å². The van der Waals surface area contributed by atoms with E-state index >= 15 is 0 Å². The van der Waals surface area contributed by atoms with Gasteiger partial charge in [-0.15, -0.1) is 11.8 Å². The maximum atomic E-state index is 13.6. The fraction of sp³-hybridized carbons (Fsp3) is 0.0714. The van der Waals surface area contributed by atoms with Crippen LogP contribution in [0.5, 0.6) is 0 Å². The van der Waals surface area contributed by atoms with E-state index in [0.29, 0.717) is 17.0 Å². The predicted octanol–water partition coefficient (Wildman–Crippen LogP) is 3.40. The van der Waals surface area contributed by atoms with Gasteiger partial charge in [-0.05, 0) is 42.0 Å². The SMILES string of the molecule is Nc1cccc(SCc2cc(C(=O)O)ccc2F)c1. The first-order valence-corrected chi connectivity index (χ1v) is 6.55. The Bertz CT molecular complexity index is 616. The monoisotopic (exact) mass is 277 g/mol. The number of hydrogen-bond acceptors (Lipinski definition) is 3. The van der Waals surface area contributed by atoms with E-state index in [1.54, 1.807) is 12.1 Å².